The molecular weight excluding hydrogens is 330 g/mol. The van der Waals surface area contributed by atoms with Crippen LogP contribution in [0.25, 0.3) is 0 Å². The molecule has 1 fully saturated rings. The average Bonchev–Trinajstić information content (AvgIpc) is 2.92. The number of aliphatic hydroxyl groups excluding tert-OH is 1. The molecule has 3 N–H and O–H groups in total. The molecule has 1 aliphatic heterocycles. The summed E-state index contributed by atoms with van der Waals surface area (Å²) in [4.78, 5) is 12.1. The van der Waals surface area contributed by atoms with Gasteiger partial charge >= 0.3 is 6.61 Å². The van der Waals surface area contributed by atoms with Gasteiger partial charge in [-0.15, -0.1) is 12.4 Å². The molecule has 0 bridgehead atoms. The molecule has 1 aromatic rings. The molecule has 2 unspecified atom stereocenters. The van der Waals surface area contributed by atoms with Crippen LogP contribution in [0, 0.1) is 0 Å². The summed E-state index contributed by atoms with van der Waals surface area (Å²) in [6.07, 6.45) is 0.793. The number of aliphatic hydroxyl groups is 1. The smallest absolute Gasteiger partial charge is 0.387 e. The van der Waals surface area contributed by atoms with Gasteiger partial charge in [0.05, 0.1) is 11.6 Å². The summed E-state index contributed by atoms with van der Waals surface area (Å²) in [5.74, 6) is -0.126. The number of hydrogen-bond acceptors (Lipinski definition) is 4. The van der Waals surface area contributed by atoms with Gasteiger partial charge in [-0.2, -0.15) is 8.78 Å². The number of amides is 1. The van der Waals surface area contributed by atoms with Gasteiger partial charge in [0.1, 0.15) is 5.75 Å². The number of carbonyl (C=O) groups excluding carboxylic acids is 1. The highest BCUT2D eigenvalue weighted by molar-refractivity contribution is 5.86. The molecule has 0 radical (unpaired) electrons. The van der Waals surface area contributed by atoms with Crippen molar-refractivity contribution >= 4 is 18.3 Å². The highest BCUT2D eigenvalue weighted by Gasteiger charge is 2.35. The Balaban J connectivity index is 0.00000264. The van der Waals surface area contributed by atoms with Gasteiger partial charge in [0.15, 0.2) is 0 Å². The van der Waals surface area contributed by atoms with E-state index in [1.807, 2.05) is 6.92 Å². The van der Waals surface area contributed by atoms with Crippen molar-refractivity contribution in [1.29, 1.82) is 0 Å². The third-order valence-corrected chi connectivity index (χ3v) is 3.82. The molecule has 1 heterocycles. The van der Waals surface area contributed by atoms with Crippen molar-refractivity contribution in [2.45, 2.75) is 38.0 Å². The zero-order valence-electron chi connectivity index (χ0n) is 12.7. The van der Waals surface area contributed by atoms with Crippen molar-refractivity contribution in [2.75, 3.05) is 13.1 Å². The quantitative estimate of drug-likeness (QED) is 0.734. The monoisotopic (exact) mass is 350 g/mol. The van der Waals surface area contributed by atoms with Crippen molar-refractivity contribution in [3.05, 3.63) is 29.8 Å². The Hall–Kier alpha value is -1.44. The predicted molar refractivity (Wildman–Crippen MR) is 83.9 cm³/mol. The fourth-order valence-corrected chi connectivity index (χ4v) is 2.46. The first kappa shape index (κ1) is 19.6. The molecule has 23 heavy (non-hydrogen) atoms. The van der Waals surface area contributed by atoms with Gasteiger partial charge in [-0.1, -0.05) is 12.1 Å². The maximum Gasteiger partial charge on any atom is 0.387 e. The first-order chi connectivity index (χ1) is 10.4. The summed E-state index contributed by atoms with van der Waals surface area (Å²) in [5, 5.41) is 15.9. The number of benzene rings is 1. The van der Waals surface area contributed by atoms with Gasteiger partial charge in [-0.3, -0.25) is 4.79 Å². The molecule has 1 aromatic carbocycles. The van der Waals surface area contributed by atoms with E-state index < -0.39 is 18.3 Å². The lowest BCUT2D eigenvalue weighted by Crippen LogP contribution is -2.51. The fourth-order valence-electron chi connectivity index (χ4n) is 2.46. The van der Waals surface area contributed by atoms with Gasteiger partial charge in [-0.05, 0) is 44.0 Å². The lowest BCUT2D eigenvalue weighted by molar-refractivity contribution is -0.127. The Bertz CT molecular complexity index is 508. The summed E-state index contributed by atoms with van der Waals surface area (Å²) in [5.41, 5.74) is -0.0687. The standard InChI is InChI=1S/C15H20F2N2O3.ClH/c1-15(7-2-8-19-15)13(21)18-9-12(20)10-3-5-11(6-4-10)22-14(16)17;/h3-6,12,14,19-20H,2,7-9H2,1H3,(H,18,21);1H. The van der Waals surface area contributed by atoms with Crippen LogP contribution in [-0.4, -0.2) is 36.3 Å². The van der Waals surface area contributed by atoms with Crippen LogP contribution in [0.1, 0.15) is 31.4 Å². The van der Waals surface area contributed by atoms with E-state index in [0.717, 1.165) is 19.4 Å². The van der Waals surface area contributed by atoms with Crippen LogP contribution in [0.2, 0.25) is 0 Å². The Labute approximate surface area is 139 Å². The zero-order valence-corrected chi connectivity index (χ0v) is 13.5. The first-order valence-electron chi connectivity index (χ1n) is 7.17. The molecule has 0 aliphatic carbocycles. The largest absolute Gasteiger partial charge is 0.435 e. The zero-order chi connectivity index (χ0) is 16.2. The van der Waals surface area contributed by atoms with Gasteiger partial charge in [0, 0.05) is 6.54 Å². The molecule has 1 saturated heterocycles. The third kappa shape index (κ3) is 5.30. The van der Waals surface area contributed by atoms with E-state index in [0.29, 0.717) is 5.56 Å². The summed E-state index contributed by atoms with van der Waals surface area (Å²) in [7, 11) is 0. The van der Waals surface area contributed by atoms with Crippen LogP contribution in [0.3, 0.4) is 0 Å². The average molecular weight is 351 g/mol. The number of halogens is 3. The lowest BCUT2D eigenvalue weighted by Gasteiger charge is -2.24. The van der Waals surface area contributed by atoms with Crippen LogP contribution in [-0.2, 0) is 4.79 Å². The van der Waals surface area contributed by atoms with Crippen LogP contribution in [0.4, 0.5) is 8.78 Å². The molecule has 2 rings (SSSR count). The maximum atomic E-state index is 12.1. The fraction of sp³-hybridized carbons (Fsp3) is 0.533. The number of alkyl halides is 2. The molecule has 0 spiro atoms. The molecule has 0 saturated carbocycles. The first-order valence-corrected chi connectivity index (χ1v) is 7.17. The Morgan fingerprint density at radius 1 is 1.43 bits per heavy atom. The van der Waals surface area contributed by atoms with Gasteiger partial charge in [0.25, 0.3) is 0 Å². The Morgan fingerprint density at radius 2 is 2.09 bits per heavy atom. The molecule has 1 aliphatic rings. The normalized spacial score (nSPS) is 21.6. The second-order valence-electron chi connectivity index (χ2n) is 5.54. The van der Waals surface area contributed by atoms with Gasteiger partial charge < -0.3 is 20.5 Å². The summed E-state index contributed by atoms with van der Waals surface area (Å²) < 4.78 is 28.3. The van der Waals surface area contributed by atoms with Gasteiger partial charge in [-0.25, -0.2) is 0 Å². The Kier molecular flexibility index (Phi) is 7.18. The number of nitrogens with one attached hydrogen (secondary N) is 2. The van der Waals surface area contributed by atoms with E-state index in [9.17, 15) is 18.7 Å². The molecule has 1 amide bonds. The number of rotatable bonds is 6. The van der Waals surface area contributed by atoms with Crippen LogP contribution < -0.4 is 15.4 Å². The number of ether oxygens (including phenoxy) is 1. The van der Waals surface area contributed by atoms with Crippen molar-refractivity contribution in [1.82, 2.24) is 10.6 Å². The molecule has 5 nitrogen and oxygen atoms in total. The second kappa shape index (κ2) is 8.42. The molecular formula is C15H21ClF2N2O3. The SMILES string of the molecule is CC1(C(=O)NCC(O)c2ccc(OC(F)F)cc2)CCCN1.Cl. The highest BCUT2D eigenvalue weighted by atomic mass is 35.5. The van der Waals surface area contributed by atoms with Crippen LogP contribution >= 0.6 is 12.4 Å². The molecule has 130 valence electrons. The molecule has 2 atom stereocenters. The van der Waals surface area contributed by atoms with E-state index in [1.165, 1.54) is 24.3 Å². The predicted octanol–water partition coefficient (Wildman–Crippen LogP) is 2.00. The van der Waals surface area contributed by atoms with E-state index in [2.05, 4.69) is 15.4 Å². The maximum absolute atomic E-state index is 12.1. The third-order valence-electron chi connectivity index (χ3n) is 3.82. The highest BCUT2D eigenvalue weighted by Crippen LogP contribution is 2.21. The van der Waals surface area contributed by atoms with E-state index >= 15 is 0 Å². The van der Waals surface area contributed by atoms with Gasteiger partial charge in [0.2, 0.25) is 5.91 Å². The lowest BCUT2D eigenvalue weighted by atomic mass is 9.99. The minimum Gasteiger partial charge on any atom is -0.435 e. The van der Waals surface area contributed by atoms with Crippen LogP contribution in [0.5, 0.6) is 5.75 Å². The summed E-state index contributed by atoms with van der Waals surface area (Å²) in [6.45, 7) is -0.184. The van der Waals surface area contributed by atoms with Crippen molar-refractivity contribution < 1.29 is 23.4 Å². The van der Waals surface area contributed by atoms with E-state index in [4.69, 9.17) is 0 Å². The van der Waals surface area contributed by atoms with Crippen molar-refractivity contribution in [2.24, 2.45) is 0 Å². The van der Waals surface area contributed by atoms with E-state index in [1.54, 1.807) is 0 Å². The minimum atomic E-state index is -2.88. The second-order valence-corrected chi connectivity index (χ2v) is 5.54. The van der Waals surface area contributed by atoms with Crippen molar-refractivity contribution in [3.63, 3.8) is 0 Å². The minimum absolute atomic E-state index is 0. The number of carbonyl (C=O) groups is 1. The van der Waals surface area contributed by atoms with E-state index in [-0.39, 0.29) is 30.6 Å². The summed E-state index contributed by atoms with van der Waals surface area (Å²) >= 11 is 0. The topological polar surface area (TPSA) is 70.6 Å². The summed E-state index contributed by atoms with van der Waals surface area (Å²) in [6, 6.07) is 5.69. The molecule has 0 aromatic heterocycles. The van der Waals surface area contributed by atoms with Crippen LogP contribution in [0.15, 0.2) is 24.3 Å². The van der Waals surface area contributed by atoms with Crippen molar-refractivity contribution in [3.8, 4) is 5.75 Å². The Morgan fingerprint density at radius 3 is 2.61 bits per heavy atom. The molecule has 8 heteroatoms. The number of hydrogen-bond donors (Lipinski definition) is 3.